The molecule has 166 valence electrons. The Bertz CT molecular complexity index is 774. The van der Waals surface area contributed by atoms with Crippen molar-refractivity contribution in [3.05, 3.63) is 10.6 Å². The summed E-state index contributed by atoms with van der Waals surface area (Å²) in [5.74, 6) is -16.9. The molecule has 10 N–H and O–H groups in total. The van der Waals surface area contributed by atoms with Crippen molar-refractivity contribution >= 4 is 11.6 Å². The van der Waals surface area contributed by atoms with Gasteiger partial charge < -0.3 is 56.0 Å². The van der Waals surface area contributed by atoms with E-state index in [2.05, 4.69) is 0 Å². The highest BCUT2D eigenvalue weighted by Gasteiger charge is 2.93. The summed E-state index contributed by atoms with van der Waals surface area (Å²) in [5, 5.41) is 103. The van der Waals surface area contributed by atoms with Gasteiger partial charge in [-0.05, 0) is 26.4 Å². The third-order valence-electron chi connectivity index (χ3n) is 5.62. The van der Waals surface area contributed by atoms with Gasteiger partial charge in [0.15, 0.2) is 23.0 Å². The van der Waals surface area contributed by atoms with Crippen molar-refractivity contribution in [3.63, 3.8) is 0 Å². The van der Waals surface area contributed by atoms with E-state index in [1.807, 2.05) is 0 Å². The van der Waals surface area contributed by atoms with Crippen LogP contribution < -0.4 is 0 Å². The largest absolute Gasteiger partial charge is 0.504 e. The van der Waals surface area contributed by atoms with Crippen LogP contribution in [0.2, 0.25) is 5.02 Å². The molecule has 0 spiro atoms. The first-order chi connectivity index (χ1) is 12.9. The van der Waals surface area contributed by atoms with Gasteiger partial charge >= 0.3 is 0 Å². The summed E-state index contributed by atoms with van der Waals surface area (Å²) in [6.45, 7) is 3.38. The maximum absolute atomic E-state index is 10.7. The smallest absolute Gasteiger partial charge is 0.276 e. The van der Waals surface area contributed by atoms with Gasteiger partial charge in [0.05, 0.1) is 5.56 Å². The van der Waals surface area contributed by atoms with E-state index < -0.39 is 62.4 Å². The van der Waals surface area contributed by atoms with Crippen LogP contribution in [-0.4, -0.2) is 93.5 Å². The van der Waals surface area contributed by atoms with Crippen LogP contribution >= 0.6 is 11.6 Å². The number of hydrogen-bond acceptors (Lipinski definition) is 11. The summed E-state index contributed by atoms with van der Waals surface area (Å²) >= 11 is 5.62. The van der Waals surface area contributed by atoms with Crippen LogP contribution in [0.5, 0.6) is 23.0 Å². The number of aliphatic hydroxyl groups is 6. The highest BCUT2D eigenvalue weighted by Crippen LogP contribution is 2.69. The monoisotopic (exact) mass is 439 g/mol. The molecule has 1 aliphatic carbocycles. The van der Waals surface area contributed by atoms with Gasteiger partial charge in [0.25, 0.3) is 5.79 Å². The van der Waals surface area contributed by atoms with Gasteiger partial charge in [-0.3, -0.25) is 0 Å². The maximum atomic E-state index is 10.7. The standard InChI is InChI=1S/C17H26ClNO10/c1-6(2)5-7(19(3)4)14(15(24,25)17(28,29)16(14,26)27)8-10(20)12(22)9(18)13(23)11(8)21/h6-7,20-29H,5H2,1-4H3. The van der Waals surface area contributed by atoms with E-state index in [1.165, 1.54) is 19.0 Å². The van der Waals surface area contributed by atoms with E-state index in [4.69, 9.17) is 11.6 Å². The molecule has 0 aliphatic heterocycles. The number of benzene rings is 1. The normalized spacial score (nSPS) is 22.5. The van der Waals surface area contributed by atoms with Gasteiger partial charge in [-0.1, -0.05) is 25.4 Å². The molecule has 1 aromatic rings. The minimum atomic E-state index is -3.95. The number of likely N-dealkylation sites (N-methyl/N-ethyl adjacent to an activating group) is 1. The van der Waals surface area contributed by atoms with Crippen LogP contribution in [0, 0.1) is 5.92 Å². The van der Waals surface area contributed by atoms with Crippen LogP contribution in [0.1, 0.15) is 25.8 Å². The minimum absolute atomic E-state index is 0.0577. The summed E-state index contributed by atoms with van der Waals surface area (Å²) < 4.78 is 0. The van der Waals surface area contributed by atoms with Crippen LogP contribution in [0.4, 0.5) is 0 Å². The molecule has 29 heavy (non-hydrogen) atoms. The van der Waals surface area contributed by atoms with Crippen molar-refractivity contribution in [2.75, 3.05) is 14.1 Å². The van der Waals surface area contributed by atoms with Crippen LogP contribution in [0.3, 0.4) is 0 Å². The molecule has 0 amide bonds. The first-order valence-electron chi connectivity index (χ1n) is 8.59. The second-order valence-electron chi connectivity index (χ2n) is 8.02. The number of rotatable bonds is 5. The quantitative estimate of drug-likeness (QED) is 0.144. The number of nitrogens with zero attached hydrogens (tertiary/aromatic N) is 1. The molecular formula is C17H26ClNO10. The highest BCUT2D eigenvalue weighted by molar-refractivity contribution is 6.34. The lowest BCUT2D eigenvalue weighted by molar-refractivity contribution is -0.574. The molecule has 2 rings (SSSR count). The van der Waals surface area contributed by atoms with Crippen molar-refractivity contribution in [2.45, 2.75) is 49.1 Å². The first-order valence-corrected chi connectivity index (χ1v) is 8.97. The average Bonchev–Trinajstić information content (AvgIpc) is 2.58. The SMILES string of the molecule is CC(C)CC(N(C)C)C1(c2c(O)c(O)c(Cl)c(O)c2O)C(O)(O)C(O)(O)C1(O)O. The topological polar surface area (TPSA) is 206 Å². The Morgan fingerprint density at radius 3 is 1.45 bits per heavy atom. The zero-order valence-corrected chi connectivity index (χ0v) is 16.9. The average molecular weight is 440 g/mol. The highest BCUT2D eigenvalue weighted by atomic mass is 35.5. The Hall–Kier alpha value is -1.57. The van der Waals surface area contributed by atoms with E-state index in [-0.39, 0.29) is 12.3 Å². The fourth-order valence-corrected chi connectivity index (χ4v) is 4.40. The molecule has 1 atom stereocenters. The molecule has 0 heterocycles. The predicted octanol–water partition coefficient (Wildman–Crippen LogP) is -1.57. The minimum Gasteiger partial charge on any atom is -0.504 e. The van der Waals surface area contributed by atoms with E-state index >= 15 is 0 Å². The number of phenols is 4. The molecule has 1 fully saturated rings. The Morgan fingerprint density at radius 1 is 0.759 bits per heavy atom. The van der Waals surface area contributed by atoms with Gasteiger partial charge in [-0.2, -0.15) is 0 Å². The molecule has 11 nitrogen and oxygen atoms in total. The van der Waals surface area contributed by atoms with E-state index in [0.29, 0.717) is 0 Å². The Labute approximate surface area is 170 Å². The van der Waals surface area contributed by atoms with Gasteiger partial charge in [-0.15, -0.1) is 0 Å². The molecule has 0 saturated heterocycles. The number of phenolic OH excluding ortho intramolecular Hbond substituents is 4. The zero-order chi connectivity index (χ0) is 22.9. The lowest BCUT2D eigenvalue weighted by Crippen LogP contribution is -2.97. The van der Waals surface area contributed by atoms with Gasteiger partial charge in [-0.25, -0.2) is 0 Å². The molecule has 0 radical (unpaired) electrons. The van der Waals surface area contributed by atoms with Crippen LogP contribution in [0.15, 0.2) is 0 Å². The maximum Gasteiger partial charge on any atom is 0.276 e. The number of hydrogen-bond donors (Lipinski definition) is 10. The second-order valence-corrected chi connectivity index (χ2v) is 8.39. The van der Waals surface area contributed by atoms with Gasteiger partial charge in [0, 0.05) is 6.04 Å². The van der Waals surface area contributed by atoms with Crippen molar-refractivity contribution in [1.82, 2.24) is 4.90 Å². The van der Waals surface area contributed by atoms with Crippen molar-refractivity contribution in [1.29, 1.82) is 0 Å². The van der Waals surface area contributed by atoms with Crippen molar-refractivity contribution in [3.8, 4) is 23.0 Å². The van der Waals surface area contributed by atoms with Crippen LogP contribution in [-0.2, 0) is 5.41 Å². The van der Waals surface area contributed by atoms with E-state index in [9.17, 15) is 51.1 Å². The molecular weight excluding hydrogens is 414 g/mol. The van der Waals surface area contributed by atoms with Crippen molar-refractivity contribution in [2.24, 2.45) is 5.92 Å². The molecule has 1 aliphatic rings. The third kappa shape index (κ3) is 2.56. The van der Waals surface area contributed by atoms with Gasteiger partial charge in [0.1, 0.15) is 10.4 Å². The Kier molecular flexibility index (Phi) is 5.49. The zero-order valence-electron chi connectivity index (χ0n) is 16.2. The predicted molar refractivity (Wildman–Crippen MR) is 98.2 cm³/mol. The molecule has 1 aromatic carbocycles. The Morgan fingerprint density at radius 2 is 1.14 bits per heavy atom. The fourth-order valence-electron chi connectivity index (χ4n) is 4.22. The molecule has 12 heteroatoms. The number of halogens is 1. The van der Waals surface area contributed by atoms with E-state index in [1.54, 1.807) is 13.8 Å². The summed E-state index contributed by atoms with van der Waals surface area (Å²) in [7, 11) is 2.78. The van der Waals surface area contributed by atoms with E-state index in [0.717, 1.165) is 0 Å². The lowest BCUT2D eigenvalue weighted by Gasteiger charge is -2.70. The first kappa shape index (κ1) is 23.7. The number of aromatic hydroxyl groups is 4. The molecule has 0 bridgehead atoms. The lowest BCUT2D eigenvalue weighted by atomic mass is 9.46. The van der Waals surface area contributed by atoms with Gasteiger partial charge in [0.2, 0.25) is 11.6 Å². The van der Waals surface area contributed by atoms with Crippen molar-refractivity contribution < 1.29 is 51.1 Å². The Balaban J connectivity index is 3.09. The summed E-state index contributed by atoms with van der Waals surface area (Å²) in [5.41, 5.74) is -4.21. The molecule has 1 saturated carbocycles. The second kappa shape index (κ2) is 6.72. The third-order valence-corrected chi connectivity index (χ3v) is 5.98. The van der Waals surface area contributed by atoms with Crippen LogP contribution in [0.25, 0.3) is 0 Å². The summed E-state index contributed by atoms with van der Waals surface area (Å²) in [6, 6.07) is -1.41. The fraction of sp³-hybridized carbons (Fsp3) is 0.647. The molecule has 0 aromatic heterocycles. The summed E-state index contributed by atoms with van der Waals surface area (Å²) in [6.07, 6.45) is -0.0577. The summed E-state index contributed by atoms with van der Waals surface area (Å²) in [4.78, 5) is 1.26. The molecule has 1 unspecified atom stereocenters.